The van der Waals surface area contributed by atoms with Gasteiger partial charge in [-0.05, 0) is 48.8 Å². The quantitative estimate of drug-likeness (QED) is 0.876. The van der Waals surface area contributed by atoms with Crippen LogP contribution >= 0.6 is 0 Å². The number of rotatable bonds is 5. The Morgan fingerprint density at radius 3 is 2.70 bits per heavy atom. The molecule has 2 rings (SSSR count). The Hall–Kier alpha value is -1.62. The summed E-state index contributed by atoms with van der Waals surface area (Å²) in [5, 5.41) is 12.4. The van der Waals surface area contributed by atoms with E-state index in [0.29, 0.717) is 13.0 Å². The largest absolute Gasteiger partial charge is 0.396 e. The third kappa shape index (κ3) is 5.20. The van der Waals surface area contributed by atoms with E-state index < -0.39 is 0 Å². The summed E-state index contributed by atoms with van der Waals surface area (Å²) in [5.74, 6) is 0.216. The predicted molar refractivity (Wildman–Crippen MR) is 88.6 cm³/mol. The third-order valence-corrected chi connectivity index (χ3v) is 4.55. The minimum Gasteiger partial charge on any atom is -0.396 e. The van der Waals surface area contributed by atoms with Gasteiger partial charge in [0.15, 0.2) is 0 Å². The van der Waals surface area contributed by atoms with Gasteiger partial charge in [0.1, 0.15) is 5.82 Å². The van der Waals surface area contributed by atoms with Gasteiger partial charge in [-0.25, -0.2) is 9.18 Å². The molecule has 2 amide bonds. The van der Waals surface area contributed by atoms with Crippen LogP contribution in [0.5, 0.6) is 0 Å². The second kappa shape index (κ2) is 8.29. The zero-order valence-electron chi connectivity index (χ0n) is 14.0. The van der Waals surface area contributed by atoms with E-state index in [1.165, 1.54) is 12.1 Å². The van der Waals surface area contributed by atoms with Gasteiger partial charge in [0.2, 0.25) is 0 Å². The Kier molecular flexibility index (Phi) is 6.39. The van der Waals surface area contributed by atoms with Gasteiger partial charge < -0.3 is 15.3 Å². The van der Waals surface area contributed by atoms with Crippen molar-refractivity contribution in [2.24, 2.45) is 11.8 Å². The molecule has 0 bridgehead atoms. The lowest BCUT2D eigenvalue weighted by Gasteiger charge is -2.34. The molecular weight excluding hydrogens is 295 g/mol. The summed E-state index contributed by atoms with van der Waals surface area (Å²) in [6.45, 7) is 5.63. The molecule has 1 aliphatic heterocycles. The van der Waals surface area contributed by atoms with Crippen molar-refractivity contribution in [3.63, 3.8) is 0 Å². The number of carbonyl (C=O) groups excluding carboxylic acids is 1. The number of carbonyl (C=O) groups is 1. The highest BCUT2D eigenvalue weighted by atomic mass is 19.1. The second-order valence-corrected chi connectivity index (χ2v) is 6.77. The summed E-state index contributed by atoms with van der Waals surface area (Å²) in [7, 11) is 0. The monoisotopic (exact) mass is 322 g/mol. The van der Waals surface area contributed by atoms with E-state index in [1.54, 1.807) is 17.0 Å². The number of urea groups is 1. The summed E-state index contributed by atoms with van der Waals surface area (Å²) in [6.07, 6.45) is 2.59. The maximum Gasteiger partial charge on any atom is 0.317 e. The number of aliphatic hydroxyl groups excluding tert-OH is 1. The molecule has 4 nitrogen and oxygen atoms in total. The van der Waals surface area contributed by atoms with Crippen molar-refractivity contribution in [2.45, 2.75) is 39.2 Å². The van der Waals surface area contributed by atoms with Crippen LogP contribution in [0.4, 0.5) is 9.18 Å². The molecule has 0 saturated carbocycles. The zero-order chi connectivity index (χ0) is 16.8. The Bertz CT molecular complexity index is 504. The van der Waals surface area contributed by atoms with Crippen LogP contribution in [0.2, 0.25) is 0 Å². The second-order valence-electron chi connectivity index (χ2n) is 6.77. The van der Waals surface area contributed by atoms with E-state index in [4.69, 9.17) is 0 Å². The van der Waals surface area contributed by atoms with Crippen LogP contribution in [-0.2, 0) is 6.42 Å². The average molecular weight is 322 g/mol. The molecule has 0 radical (unpaired) electrons. The van der Waals surface area contributed by atoms with Crippen LogP contribution in [-0.4, -0.2) is 41.8 Å². The lowest BCUT2D eigenvalue weighted by Crippen LogP contribution is -2.50. The van der Waals surface area contributed by atoms with Crippen molar-refractivity contribution in [3.05, 3.63) is 35.6 Å². The van der Waals surface area contributed by atoms with E-state index in [1.807, 2.05) is 0 Å². The van der Waals surface area contributed by atoms with Gasteiger partial charge in [-0.2, -0.15) is 0 Å². The molecular formula is C18H27FN2O2. The Labute approximate surface area is 137 Å². The molecule has 2 N–H and O–H groups in total. The predicted octanol–water partition coefficient (Wildman–Crippen LogP) is 2.81. The van der Waals surface area contributed by atoms with Gasteiger partial charge in [-0.1, -0.05) is 26.0 Å². The molecule has 1 aliphatic rings. The van der Waals surface area contributed by atoms with E-state index >= 15 is 0 Å². The normalized spacial score (nSPS) is 19.7. The van der Waals surface area contributed by atoms with Crippen LogP contribution in [0.1, 0.15) is 32.3 Å². The van der Waals surface area contributed by atoms with Crippen molar-refractivity contribution in [1.82, 2.24) is 10.2 Å². The van der Waals surface area contributed by atoms with Crippen molar-refractivity contribution < 1.29 is 14.3 Å². The first-order valence-corrected chi connectivity index (χ1v) is 8.40. The molecule has 0 unspecified atom stereocenters. The van der Waals surface area contributed by atoms with Crippen molar-refractivity contribution in [3.8, 4) is 0 Å². The maximum atomic E-state index is 13.0. The first-order valence-electron chi connectivity index (χ1n) is 8.40. The Morgan fingerprint density at radius 1 is 1.39 bits per heavy atom. The van der Waals surface area contributed by atoms with Gasteiger partial charge in [0.25, 0.3) is 0 Å². The van der Waals surface area contributed by atoms with Crippen molar-refractivity contribution in [2.75, 3.05) is 19.7 Å². The molecule has 1 fully saturated rings. The number of likely N-dealkylation sites (tertiary alicyclic amines) is 1. The van der Waals surface area contributed by atoms with Crippen LogP contribution in [0.3, 0.4) is 0 Å². The SMILES string of the molecule is CC(C)[C@H](Cc1ccc(F)cc1)NC(=O)N1CCC[C@@H](CO)C1. The molecule has 2 atom stereocenters. The van der Waals surface area contributed by atoms with Gasteiger partial charge >= 0.3 is 6.03 Å². The van der Waals surface area contributed by atoms with Crippen LogP contribution in [0.15, 0.2) is 24.3 Å². The number of hydrogen-bond donors (Lipinski definition) is 2. The average Bonchev–Trinajstić information content (AvgIpc) is 2.56. The number of halogens is 1. The fourth-order valence-electron chi connectivity index (χ4n) is 2.98. The van der Waals surface area contributed by atoms with Crippen LogP contribution in [0, 0.1) is 17.7 Å². The lowest BCUT2D eigenvalue weighted by molar-refractivity contribution is 0.126. The standard InChI is InChI=1S/C18H27FN2O2/c1-13(2)17(10-14-5-7-16(19)8-6-14)20-18(23)21-9-3-4-15(11-21)12-22/h5-8,13,15,17,22H,3-4,9-12H2,1-2H3,(H,20,23)/t15-,17+/m1/s1. The fourth-order valence-corrected chi connectivity index (χ4v) is 2.98. The topological polar surface area (TPSA) is 52.6 Å². The van der Waals surface area contributed by atoms with Gasteiger partial charge in [0.05, 0.1) is 0 Å². The van der Waals surface area contributed by atoms with Gasteiger partial charge in [-0.3, -0.25) is 0 Å². The smallest absolute Gasteiger partial charge is 0.317 e. The van der Waals surface area contributed by atoms with Gasteiger partial charge in [0, 0.05) is 25.7 Å². The van der Waals surface area contributed by atoms with E-state index in [0.717, 1.165) is 24.9 Å². The number of benzene rings is 1. The summed E-state index contributed by atoms with van der Waals surface area (Å²) in [4.78, 5) is 14.3. The molecule has 1 aromatic rings. The van der Waals surface area contributed by atoms with E-state index in [-0.39, 0.29) is 36.3 Å². The highest BCUT2D eigenvalue weighted by Gasteiger charge is 2.25. The molecule has 1 heterocycles. The van der Waals surface area contributed by atoms with Gasteiger partial charge in [-0.15, -0.1) is 0 Å². The highest BCUT2D eigenvalue weighted by Crippen LogP contribution is 2.17. The zero-order valence-corrected chi connectivity index (χ0v) is 14.0. The third-order valence-electron chi connectivity index (χ3n) is 4.55. The summed E-state index contributed by atoms with van der Waals surface area (Å²) in [5.41, 5.74) is 1.01. The van der Waals surface area contributed by atoms with Crippen molar-refractivity contribution in [1.29, 1.82) is 0 Å². The molecule has 23 heavy (non-hydrogen) atoms. The molecule has 5 heteroatoms. The Morgan fingerprint density at radius 2 is 2.09 bits per heavy atom. The Balaban J connectivity index is 1.95. The molecule has 0 spiro atoms. The number of hydrogen-bond acceptors (Lipinski definition) is 2. The number of amides is 2. The fraction of sp³-hybridized carbons (Fsp3) is 0.611. The number of piperidine rings is 1. The van der Waals surface area contributed by atoms with Crippen LogP contribution < -0.4 is 5.32 Å². The first kappa shape index (κ1) is 17.7. The molecule has 1 saturated heterocycles. The minimum absolute atomic E-state index is 0.00228. The lowest BCUT2D eigenvalue weighted by atomic mass is 9.96. The van der Waals surface area contributed by atoms with Crippen LogP contribution in [0.25, 0.3) is 0 Å². The molecule has 0 aliphatic carbocycles. The molecule has 128 valence electrons. The number of aliphatic hydroxyl groups is 1. The number of nitrogens with one attached hydrogen (secondary N) is 1. The van der Waals surface area contributed by atoms with Crippen molar-refractivity contribution >= 4 is 6.03 Å². The summed E-state index contributed by atoms with van der Waals surface area (Å²) in [6, 6.07) is 6.36. The van der Waals surface area contributed by atoms with E-state index in [9.17, 15) is 14.3 Å². The molecule has 0 aromatic heterocycles. The molecule has 1 aromatic carbocycles. The van der Waals surface area contributed by atoms with E-state index in [2.05, 4.69) is 19.2 Å². The summed E-state index contributed by atoms with van der Waals surface area (Å²) >= 11 is 0. The first-order chi connectivity index (χ1) is 11.0. The summed E-state index contributed by atoms with van der Waals surface area (Å²) < 4.78 is 13.0. The maximum absolute atomic E-state index is 13.0. The number of nitrogens with zero attached hydrogens (tertiary/aromatic N) is 1. The minimum atomic E-state index is -0.248. The highest BCUT2D eigenvalue weighted by molar-refractivity contribution is 5.74.